The maximum Gasteiger partial charge on any atom is 0.228 e. The number of para-hydroxylation sites is 1. The van der Waals surface area contributed by atoms with Crippen LogP contribution >= 0.6 is 0 Å². The molecule has 1 saturated heterocycles. The van der Waals surface area contributed by atoms with Gasteiger partial charge in [-0.1, -0.05) is 31.0 Å². The molecule has 0 unspecified atom stereocenters. The Morgan fingerprint density at radius 1 is 1.21 bits per heavy atom. The van der Waals surface area contributed by atoms with E-state index in [1.807, 2.05) is 18.2 Å². The van der Waals surface area contributed by atoms with Gasteiger partial charge in [-0.25, -0.2) is 0 Å². The summed E-state index contributed by atoms with van der Waals surface area (Å²) >= 11 is 0. The van der Waals surface area contributed by atoms with Crippen molar-refractivity contribution in [3.63, 3.8) is 0 Å². The number of carbonyl (C=O) groups is 1. The van der Waals surface area contributed by atoms with Crippen molar-refractivity contribution in [2.75, 3.05) is 13.1 Å². The van der Waals surface area contributed by atoms with Gasteiger partial charge in [0.15, 0.2) is 0 Å². The minimum absolute atomic E-state index is 0.179. The van der Waals surface area contributed by atoms with Crippen LogP contribution in [0.15, 0.2) is 24.3 Å². The van der Waals surface area contributed by atoms with E-state index in [1.165, 1.54) is 25.7 Å². The largest absolute Gasteiger partial charge is 0.490 e. The Bertz CT molecular complexity index is 599. The molecule has 1 amide bonds. The van der Waals surface area contributed by atoms with Gasteiger partial charge in [0.2, 0.25) is 5.91 Å². The van der Waals surface area contributed by atoms with E-state index in [1.54, 1.807) is 0 Å². The van der Waals surface area contributed by atoms with Crippen LogP contribution in [0.2, 0.25) is 0 Å². The summed E-state index contributed by atoms with van der Waals surface area (Å²) in [5.41, 5.74) is 0.912. The van der Waals surface area contributed by atoms with E-state index in [9.17, 15) is 4.79 Å². The summed E-state index contributed by atoms with van der Waals surface area (Å²) in [6.45, 7) is 2.40. The molecule has 130 valence electrons. The van der Waals surface area contributed by atoms with Crippen LogP contribution in [0.25, 0.3) is 0 Å². The van der Waals surface area contributed by atoms with Crippen LogP contribution in [0.1, 0.15) is 50.5 Å². The third kappa shape index (κ3) is 2.92. The van der Waals surface area contributed by atoms with Crippen molar-refractivity contribution in [3.05, 3.63) is 29.8 Å². The maximum absolute atomic E-state index is 13.0. The second-order valence-electron chi connectivity index (χ2n) is 7.69. The van der Waals surface area contributed by atoms with Gasteiger partial charge < -0.3 is 15.4 Å². The third-order valence-electron chi connectivity index (χ3n) is 6.25. The summed E-state index contributed by atoms with van der Waals surface area (Å²) in [5.74, 6) is 1.67. The molecule has 4 rings (SSSR count). The second kappa shape index (κ2) is 6.75. The number of ether oxygens (including phenoxy) is 1. The Labute approximate surface area is 144 Å². The average molecular weight is 328 g/mol. The van der Waals surface area contributed by atoms with Gasteiger partial charge in [0.1, 0.15) is 5.75 Å². The fourth-order valence-corrected chi connectivity index (χ4v) is 4.48. The summed E-state index contributed by atoms with van der Waals surface area (Å²) in [7, 11) is 0. The molecule has 3 fully saturated rings. The van der Waals surface area contributed by atoms with Gasteiger partial charge in [-0.05, 0) is 50.6 Å². The first-order chi connectivity index (χ1) is 11.8. The highest BCUT2D eigenvalue weighted by atomic mass is 16.5. The van der Waals surface area contributed by atoms with E-state index in [-0.39, 0.29) is 11.3 Å². The molecular weight excluding hydrogens is 300 g/mol. The molecule has 1 heterocycles. The summed E-state index contributed by atoms with van der Waals surface area (Å²) in [5, 5.41) is 6.67. The molecule has 2 aliphatic carbocycles. The van der Waals surface area contributed by atoms with Crippen molar-refractivity contribution >= 4 is 5.91 Å². The SMILES string of the molecule is O=C(NCc1ccccc1OC1CCC1)[C@@]12CCCC[C@H]1CNC2. The van der Waals surface area contributed by atoms with E-state index in [0.29, 0.717) is 18.6 Å². The van der Waals surface area contributed by atoms with Crippen LogP contribution in [0, 0.1) is 11.3 Å². The number of hydrogen-bond acceptors (Lipinski definition) is 3. The van der Waals surface area contributed by atoms with Gasteiger partial charge in [0.25, 0.3) is 0 Å². The molecule has 24 heavy (non-hydrogen) atoms. The minimum Gasteiger partial charge on any atom is -0.490 e. The molecule has 0 aromatic heterocycles. The zero-order valence-corrected chi connectivity index (χ0v) is 14.4. The van der Waals surface area contributed by atoms with E-state index in [4.69, 9.17) is 4.74 Å². The minimum atomic E-state index is -0.179. The number of hydrogen-bond donors (Lipinski definition) is 2. The van der Waals surface area contributed by atoms with Crippen LogP contribution in [-0.2, 0) is 11.3 Å². The lowest BCUT2D eigenvalue weighted by Gasteiger charge is -2.37. The summed E-state index contributed by atoms with van der Waals surface area (Å²) < 4.78 is 6.08. The van der Waals surface area contributed by atoms with Crippen molar-refractivity contribution in [2.45, 2.75) is 57.6 Å². The molecule has 4 heteroatoms. The Kier molecular flexibility index (Phi) is 4.49. The Morgan fingerprint density at radius 3 is 2.92 bits per heavy atom. The first-order valence-electron chi connectivity index (χ1n) is 9.51. The normalized spacial score (nSPS) is 29.6. The topological polar surface area (TPSA) is 50.4 Å². The quantitative estimate of drug-likeness (QED) is 0.873. The van der Waals surface area contributed by atoms with Gasteiger partial charge in [0.05, 0.1) is 11.5 Å². The van der Waals surface area contributed by atoms with Crippen LogP contribution in [0.3, 0.4) is 0 Å². The molecule has 2 saturated carbocycles. The maximum atomic E-state index is 13.0. The lowest BCUT2D eigenvalue weighted by atomic mass is 9.67. The van der Waals surface area contributed by atoms with Gasteiger partial charge >= 0.3 is 0 Å². The monoisotopic (exact) mass is 328 g/mol. The highest BCUT2D eigenvalue weighted by Gasteiger charge is 2.49. The fraction of sp³-hybridized carbons (Fsp3) is 0.650. The number of benzene rings is 1. The van der Waals surface area contributed by atoms with Gasteiger partial charge in [-0.15, -0.1) is 0 Å². The second-order valence-corrected chi connectivity index (χ2v) is 7.69. The first kappa shape index (κ1) is 15.9. The number of fused-ring (bicyclic) bond motifs is 1. The molecule has 2 N–H and O–H groups in total. The molecular formula is C20H28N2O2. The molecule has 2 atom stereocenters. The van der Waals surface area contributed by atoms with Crippen LogP contribution < -0.4 is 15.4 Å². The lowest BCUT2D eigenvalue weighted by Crippen LogP contribution is -2.47. The standard InChI is InChI=1S/C20H28N2O2/c23-19(20-11-4-3-7-16(20)13-21-14-20)22-12-15-6-1-2-10-18(15)24-17-8-5-9-17/h1-2,6,10,16-17,21H,3-5,7-9,11-14H2,(H,22,23)/t16-,20+/m0/s1. The third-order valence-corrected chi connectivity index (χ3v) is 6.25. The van der Waals surface area contributed by atoms with Gasteiger partial charge in [-0.2, -0.15) is 0 Å². The van der Waals surface area contributed by atoms with Crippen LogP contribution in [-0.4, -0.2) is 25.1 Å². The highest BCUT2D eigenvalue weighted by molar-refractivity contribution is 5.84. The lowest BCUT2D eigenvalue weighted by molar-refractivity contribution is -0.134. The highest BCUT2D eigenvalue weighted by Crippen LogP contribution is 2.44. The first-order valence-corrected chi connectivity index (χ1v) is 9.51. The van der Waals surface area contributed by atoms with Crippen LogP contribution in [0.4, 0.5) is 0 Å². The number of rotatable bonds is 5. The summed E-state index contributed by atoms with van der Waals surface area (Å²) in [6.07, 6.45) is 8.57. The number of nitrogens with one attached hydrogen (secondary N) is 2. The molecule has 4 nitrogen and oxygen atoms in total. The number of carbonyl (C=O) groups excluding carboxylic acids is 1. The van der Waals surface area contributed by atoms with E-state index in [0.717, 1.165) is 43.7 Å². The Hall–Kier alpha value is -1.55. The van der Waals surface area contributed by atoms with Crippen molar-refractivity contribution in [1.82, 2.24) is 10.6 Å². The van der Waals surface area contributed by atoms with Gasteiger partial charge in [0, 0.05) is 18.7 Å². The summed E-state index contributed by atoms with van der Waals surface area (Å²) in [6, 6.07) is 8.12. The Morgan fingerprint density at radius 2 is 2.08 bits per heavy atom. The van der Waals surface area contributed by atoms with Crippen molar-refractivity contribution in [1.29, 1.82) is 0 Å². The van der Waals surface area contributed by atoms with E-state index < -0.39 is 0 Å². The van der Waals surface area contributed by atoms with Crippen LogP contribution in [0.5, 0.6) is 5.75 Å². The molecule has 1 aromatic rings. The molecule has 3 aliphatic rings. The molecule has 1 aliphatic heterocycles. The Balaban J connectivity index is 1.42. The van der Waals surface area contributed by atoms with Gasteiger partial charge in [-0.3, -0.25) is 4.79 Å². The zero-order valence-electron chi connectivity index (χ0n) is 14.4. The molecule has 1 aromatic carbocycles. The summed E-state index contributed by atoms with van der Waals surface area (Å²) in [4.78, 5) is 13.0. The smallest absolute Gasteiger partial charge is 0.228 e. The van der Waals surface area contributed by atoms with E-state index >= 15 is 0 Å². The molecule has 0 radical (unpaired) electrons. The average Bonchev–Trinajstić information content (AvgIpc) is 3.02. The van der Waals surface area contributed by atoms with Crippen molar-refractivity contribution in [2.24, 2.45) is 11.3 Å². The molecule has 0 bridgehead atoms. The fourth-order valence-electron chi connectivity index (χ4n) is 4.48. The zero-order chi connectivity index (χ0) is 16.4. The number of amides is 1. The predicted octanol–water partition coefficient (Wildman–Crippen LogP) is 3.01. The predicted molar refractivity (Wildman–Crippen MR) is 93.8 cm³/mol. The van der Waals surface area contributed by atoms with Crippen molar-refractivity contribution in [3.8, 4) is 5.75 Å². The van der Waals surface area contributed by atoms with E-state index in [2.05, 4.69) is 16.7 Å². The van der Waals surface area contributed by atoms with Crippen molar-refractivity contribution < 1.29 is 9.53 Å². The molecule has 0 spiro atoms.